The molecule has 4 fully saturated rings. The number of hydrogen-bond acceptors (Lipinski definition) is 4. The van der Waals surface area contributed by atoms with E-state index in [2.05, 4.69) is 29.3 Å². The molecule has 4 atom stereocenters. The van der Waals surface area contributed by atoms with E-state index in [0.29, 0.717) is 34.7 Å². The molecule has 1 aromatic carbocycles. The average Bonchev–Trinajstić information content (AvgIpc) is 3.01. The smallest absolute Gasteiger partial charge is 0.240 e. The van der Waals surface area contributed by atoms with E-state index in [9.17, 15) is 4.39 Å². The first kappa shape index (κ1) is 17.6. The molecule has 4 bridgehead atoms. The van der Waals surface area contributed by atoms with E-state index < -0.39 is 5.82 Å². The highest BCUT2D eigenvalue weighted by molar-refractivity contribution is 6.33. The van der Waals surface area contributed by atoms with Crippen molar-refractivity contribution in [3.63, 3.8) is 0 Å². The van der Waals surface area contributed by atoms with Gasteiger partial charge in [-0.1, -0.05) is 36.7 Å². The van der Waals surface area contributed by atoms with E-state index in [0.717, 1.165) is 5.92 Å². The largest absolute Gasteiger partial charge is 0.338 e. The van der Waals surface area contributed by atoms with Crippen LogP contribution in [0.25, 0.3) is 11.4 Å². The van der Waals surface area contributed by atoms with Crippen LogP contribution in [0.15, 0.2) is 22.7 Å². The molecule has 0 spiro atoms. The van der Waals surface area contributed by atoms with Crippen molar-refractivity contribution >= 4 is 11.6 Å². The molecule has 6 rings (SSSR count). The molecule has 0 saturated heterocycles. The van der Waals surface area contributed by atoms with Crippen LogP contribution in [0, 0.1) is 22.6 Å². The topological polar surface area (TPSA) is 51.0 Å². The quantitative estimate of drug-likeness (QED) is 0.763. The van der Waals surface area contributed by atoms with Gasteiger partial charge in [0.25, 0.3) is 0 Å². The summed E-state index contributed by atoms with van der Waals surface area (Å²) in [6.07, 6.45) is 7.78. The Labute approximate surface area is 163 Å². The van der Waals surface area contributed by atoms with Gasteiger partial charge in [0, 0.05) is 11.1 Å². The Hall–Kier alpha value is -1.46. The lowest BCUT2D eigenvalue weighted by atomic mass is 9.43. The first-order valence-corrected chi connectivity index (χ1v) is 10.2. The second-order valence-corrected chi connectivity index (χ2v) is 10.3. The summed E-state index contributed by atoms with van der Waals surface area (Å²) in [4.78, 5) is 4.44. The molecule has 4 aliphatic rings. The molecule has 6 heteroatoms. The van der Waals surface area contributed by atoms with Crippen LogP contribution in [-0.4, -0.2) is 15.7 Å². The highest BCUT2D eigenvalue weighted by Crippen LogP contribution is 2.66. The zero-order chi connectivity index (χ0) is 18.9. The zero-order valence-electron chi connectivity index (χ0n) is 15.8. The van der Waals surface area contributed by atoms with Gasteiger partial charge in [-0.3, -0.25) is 0 Å². The average molecular weight is 390 g/mol. The number of halogens is 2. The normalized spacial score (nSPS) is 37.1. The van der Waals surface area contributed by atoms with Gasteiger partial charge in [-0.05, 0) is 67.4 Å². The van der Waals surface area contributed by atoms with E-state index in [1.807, 2.05) is 0 Å². The summed E-state index contributed by atoms with van der Waals surface area (Å²) in [7, 11) is 0. The summed E-state index contributed by atoms with van der Waals surface area (Å²) in [5.41, 5.74) is 1.54. The van der Waals surface area contributed by atoms with Crippen molar-refractivity contribution in [3.05, 3.63) is 34.9 Å². The predicted octanol–water partition coefficient (Wildman–Crippen LogP) is 5.37. The van der Waals surface area contributed by atoms with Gasteiger partial charge in [0.15, 0.2) is 0 Å². The standard InChI is InChI=1S/C21H25ClFN3O/c1-19-6-13-7-20(2,10-19)12-21(8-13,11-19)24-9-16-25-18(26-27-16)14-4-3-5-15(23)17(14)22/h3-5,13,24H,6-12H2,1-2H3/t13?,19-,20+,21?. The van der Waals surface area contributed by atoms with Crippen LogP contribution in [0.4, 0.5) is 4.39 Å². The van der Waals surface area contributed by atoms with Crippen LogP contribution in [-0.2, 0) is 6.54 Å². The van der Waals surface area contributed by atoms with Crippen LogP contribution in [0.2, 0.25) is 5.02 Å². The minimum absolute atomic E-state index is 0.0275. The van der Waals surface area contributed by atoms with Crippen LogP contribution < -0.4 is 5.32 Å². The van der Waals surface area contributed by atoms with E-state index in [1.165, 1.54) is 44.6 Å². The van der Waals surface area contributed by atoms with Crippen molar-refractivity contribution in [2.75, 3.05) is 0 Å². The third-order valence-electron chi connectivity index (χ3n) is 6.90. The molecule has 4 aliphatic carbocycles. The van der Waals surface area contributed by atoms with E-state index >= 15 is 0 Å². The molecule has 1 heterocycles. The monoisotopic (exact) mass is 389 g/mol. The third-order valence-corrected chi connectivity index (χ3v) is 7.29. The summed E-state index contributed by atoms with van der Waals surface area (Å²) >= 11 is 6.04. The summed E-state index contributed by atoms with van der Waals surface area (Å²) < 4.78 is 19.1. The van der Waals surface area contributed by atoms with Crippen molar-refractivity contribution in [2.24, 2.45) is 16.7 Å². The van der Waals surface area contributed by atoms with Crippen LogP contribution in [0.1, 0.15) is 58.3 Å². The Morgan fingerprint density at radius 1 is 1.19 bits per heavy atom. The predicted molar refractivity (Wildman–Crippen MR) is 102 cm³/mol. The zero-order valence-corrected chi connectivity index (χ0v) is 16.6. The molecule has 144 valence electrons. The Kier molecular flexibility index (Phi) is 3.77. The molecule has 27 heavy (non-hydrogen) atoms. The van der Waals surface area contributed by atoms with Gasteiger partial charge < -0.3 is 9.84 Å². The van der Waals surface area contributed by atoms with Crippen molar-refractivity contribution in [1.29, 1.82) is 0 Å². The Bertz CT molecular complexity index is 879. The van der Waals surface area contributed by atoms with E-state index in [4.69, 9.17) is 16.1 Å². The highest BCUT2D eigenvalue weighted by atomic mass is 35.5. The summed E-state index contributed by atoms with van der Waals surface area (Å²) in [5, 5.41) is 7.81. The molecule has 4 saturated carbocycles. The lowest BCUT2D eigenvalue weighted by Crippen LogP contribution is -2.63. The lowest BCUT2D eigenvalue weighted by molar-refractivity contribution is -0.118. The summed E-state index contributed by atoms with van der Waals surface area (Å²) in [6.45, 7) is 5.46. The minimum Gasteiger partial charge on any atom is -0.338 e. The molecule has 1 N–H and O–H groups in total. The van der Waals surface area contributed by atoms with Crippen molar-refractivity contribution in [2.45, 2.75) is 64.5 Å². The first-order chi connectivity index (χ1) is 12.8. The lowest BCUT2D eigenvalue weighted by Gasteiger charge is -2.65. The number of nitrogens with zero attached hydrogens (tertiary/aromatic N) is 2. The number of nitrogens with one attached hydrogen (secondary N) is 1. The third kappa shape index (κ3) is 2.99. The second kappa shape index (κ2) is 5.77. The molecule has 2 unspecified atom stereocenters. The van der Waals surface area contributed by atoms with Crippen molar-refractivity contribution < 1.29 is 8.91 Å². The van der Waals surface area contributed by atoms with Crippen LogP contribution in [0.5, 0.6) is 0 Å². The maximum absolute atomic E-state index is 13.7. The van der Waals surface area contributed by atoms with Gasteiger partial charge in [-0.25, -0.2) is 4.39 Å². The van der Waals surface area contributed by atoms with Gasteiger partial charge in [0.1, 0.15) is 5.82 Å². The van der Waals surface area contributed by atoms with Crippen molar-refractivity contribution in [3.8, 4) is 11.4 Å². The fourth-order valence-electron chi connectivity index (χ4n) is 7.02. The maximum Gasteiger partial charge on any atom is 0.240 e. The fraction of sp³-hybridized carbons (Fsp3) is 0.619. The molecule has 4 nitrogen and oxygen atoms in total. The molecule has 0 radical (unpaired) electrons. The minimum atomic E-state index is -0.478. The molecule has 2 aromatic rings. The molecule has 1 aromatic heterocycles. The first-order valence-electron chi connectivity index (χ1n) is 9.79. The number of rotatable bonds is 4. The molecule has 0 aliphatic heterocycles. The van der Waals surface area contributed by atoms with E-state index in [1.54, 1.807) is 12.1 Å². The summed E-state index contributed by atoms with van der Waals surface area (Å²) in [6, 6.07) is 4.62. The molecular weight excluding hydrogens is 365 g/mol. The Morgan fingerprint density at radius 2 is 1.93 bits per heavy atom. The maximum atomic E-state index is 13.7. The SMILES string of the molecule is C[C@]12CC3CC(NCc4nc(-c5cccc(F)c5Cl)no4)(C1)C[C@@](C)(C3)C2. The van der Waals surface area contributed by atoms with Gasteiger partial charge in [-0.2, -0.15) is 4.98 Å². The Morgan fingerprint density at radius 3 is 2.63 bits per heavy atom. The van der Waals surface area contributed by atoms with Crippen molar-refractivity contribution in [1.82, 2.24) is 15.5 Å². The van der Waals surface area contributed by atoms with Gasteiger partial charge in [-0.15, -0.1) is 0 Å². The number of benzene rings is 1. The van der Waals surface area contributed by atoms with Gasteiger partial charge >= 0.3 is 0 Å². The van der Waals surface area contributed by atoms with Gasteiger partial charge in [0.2, 0.25) is 11.7 Å². The molecule has 0 amide bonds. The number of hydrogen-bond donors (Lipinski definition) is 1. The van der Waals surface area contributed by atoms with E-state index in [-0.39, 0.29) is 10.6 Å². The second-order valence-electron chi connectivity index (χ2n) is 9.88. The van der Waals surface area contributed by atoms with Gasteiger partial charge in [0.05, 0.1) is 11.6 Å². The van der Waals surface area contributed by atoms with Crippen LogP contribution >= 0.6 is 11.6 Å². The molecular formula is C21H25ClFN3O. The highest BCUT2D eigenvalue weighted by Gasteiger charge is 2.59. The van der Waals surface area contributed by atoms with Crippen LogP contribution in [0.3, 0.4) is 0 Å². The summed E-state index contributed by atoms with van der Waals surface area (Å²) in [5.74, 6) is 1.21. The number of aromatic nitrogens is 2. The Balaban J connectivity index is 1.34. The fourth-order valence-corrected chi connectivity index (χ4v) is 7.23.